The molecule has 9 heteroatoms. The van der Waals surface area contributed by atoms with Gasteiger partial charge >= 0.3 is 0 Å². The number of nitriles is 1. The first-order valence-corrected chi connectivity index (χ1v) is 14.3. The minimum atomic E-state index is -3.77. The second-order valence-electron chi connectivity index (χ2n) is 9.55. The Balaban J connectivity index is 1.41. The van der Waals surface area contributed by atoms with Crippen LogP contribution in [0.3, 0.4) is 0 Å². The molecule has 0 saturated heterocycles. The Morgan fingerprint density at radius 2 is 1.94 bits per heavy atom. The highest BCUT2D eigenvalue weighted by molar-refractivity contribution is 7.89. The van der Waals surface area contributed by atoms with Crippen LogP contribution in [0.25, 0.3) is 0 Å². The van der Waals surface area contributed by atoms with Crippen LogP contribution in [0.15, 0.2) is 29.2 Å². The van der Waals surface area contributed by atoms with Gasteiger partial charge in [-0.15, -0.1) is 11.3 Å². The minimum absolute atomic E-state index is 0.0107. The number of sulfonamides is 1. The Bertz CT molecular complexity index is 1180. The van der Waals surface area contributed by atoms with E-state index >= 15 is 0 Å². The van der Waals surface area contributed by atoms with E-state index in [1.54, 1.807) is 12.1 Å². The molecule has 1 unspecified atom stereocenters. The van der Waals surface area contributed by atoms with Gasteiger partial charge in [0.1, 0.15) is 11.1 Å². The standard InChI is InChI=1S/C25H32N4O3S2/c1-17-13-23-22(16-29(17)12-11-18-5-3-2-4-6-18)21(15-26)25(33-23)28-24(30)14-19-7-9-20(10-8-19)34(27,31)32/h7-10,17-18H,2-6,11-14,16H2,1H3,(H,28,30)(H2,27,31,32). The summed E-state index contributed by atoms with van der Waals surface area (Å²) >= 11 is 1.51. The molecule has 2 heterocycles. The van der Waals surface area contributed by atoms with Crippen molar-refractivity contribution in [2.45, 2.75) is 75.8 Å². The van der Waals surface area contributed by atoms with Gasteiger partial charge in [-0.3, -0.25) is 9.69 Å². The van der Waals surface area contributed by atoms with Crippen LogP contribution in [0.1, 0.15) is 67.0 Å². The van der Waals surface area contributed by atoms with Gasteiger partial charge in [-0.05, 0) is 49.9 Å². The van der Waals surface area contributed by atoms with Gasteiger partial charge in [-0.25, -0.2) is 13.6 Å². The van der Waals surface area contributed by atoms with E-state index < -0.39 is 10.0 Å². The van der Waals surface area contributed by atoms with Crippen molar-refractivity contribution >= 4 is 32.3 Å². The van der Waals surface area contributed by atoms with Gasteiger partial charge in [-0.2, -0.15) is 5.26 Å². The largest absolute Gasteiger partial charge is 0.316 e. The minimum Gasteiger partial charge on any atom is -0.316 e. The number of nitrogens with zero attached hydrogens (tertiary/aromatic N) is 2. The number of anilines is 1. The number of carbonyl (C=O) groups is 1. The van der Waals surface area contributed by atoms with E-state index in [-0.39, 0.29) is 17.2 Å². The smallest absolute Gasteiger partial charge is 0.238 e. The SMILES string of the molecule is CC1Cc2sc(NC(=O)Cc3ccc(S(N)(=O)=O)cc3)c(C#N)c2CN1CCC1CCCCC1. The van der Waals surface area contributed by atoms with Crippen molar-refractivity contribution < 1.29 is 13.2 Å². The molecule has 182 valence electrons. The predicted molar refractivity (Wildman–Crippen MR) is 134 cm³/mol. The van der Waals surface area contributed by atoms with E-state index in [1.807, 2.05) is 0 Å². The van der Waals surface area contributed by atoms with E-state index in [2.05, 4.69) is 23.2 Å². The molecular weight excluding hydrogens is 468 g/mol. The Hall–Kier alpha value is -2.25. The van der Waals surface area contributed by atoms with Gasteiger partial charge in [0.2, 0.25) is 15.9 Å². The average molecular weight is 501 g/mol. The van der Waals surface area contributed by atoms with E-state index in [0.29, 0.717) is 22.2 Å². The molecule has 0 bridgehead atoms. The molecule has 0 radical (unpaired) electrons. The Kier molecular flexibility index (Phi) is 7.73. The lowest BCUT2D eigenvalue weighted by Gasteiger charge is -2.35. The van der Waals surface area contributed by atoms with Crippen molar-refractivity contribution in [3.63, 3.8) is 0 Å². The van der Waals surface area contributed by atoms with Crippen molar-refractivity contribution in [2.24, 2.45) is 11.1 Å². The van der Waals surface area contributed by atoms with Gasteiger partial charge in [0, 0.05) is 23.0 Å². The Morgan fingerprint density at radius 3 is 2.59 bits per heavy atom. The topological polar surface area (TPSA) is 116 Å². The lowest BCUT2D eigenvalue weighted by Crippen LogP contribution is -2.39. The second-order valence-corrected chi connectivity index (χ2v) is 12.2. The summed E-state index contributed by atoms with van der Waals surface area (Å²) in [6, 6.07) is 8.69. The normalized spacial score (nSPS) is 19.4. The third-order valence-corrected chi connectivity index (χ3v) is 9.19. The maximum absolute atomic E-state index is 12.7. The zero-order valence-electron chi connectivity index (χ0n) is 19.5. The molecule has 1 fully saturated rings. The van der Waals surface area contributed by atoms with E-state index in [1.165, 1.54) is 66.9 Å². The van der Waals surface area contributed by atoms with Gasteiger partial charge < -0.3 is 5.32 Å². The van der Waals surface area contributed by atoms with Gasteiger partial charge in [-0.1, -0.05) is 44.2 Å². The number of hydrogen-bond donors (Lipinski definition) is 2. The molecule has 1 amide bonds. The summed E-state index contributed by atoms with van der Waals surface area (Å²) < 4.78 is 22.8. The molecule has 0 spiro atoms. The molecule has 7 nitrogen and oxygen atoms in total. The number of carbonyl (C=O) groups excluding carboxylic acids is 1. The maximum Gasteiger partial charge on any atom is 0.238 e. The summed E-state index contributed by atoms with van der Waals surface area (Å²) in [5.41, 5.74) is 2.31. The summed E-state index contributed by atoms with van der Waals surface area (Å²) in [5, 5.41) is 18.5. The fourth-order valence-electron chi connectivity index (χ4n) is 5.08. The van der Waals surface area contributed by atoms with E-state index in [0.717, 1.165) is 31.0 Å². The number of fused-ring (bicyclic) bond motifs is 1. The molecular formula is C25H32N4O3S2. The lowest BCUT2D eigenvalue weighted by molar-refractivity contribution is -0.115. The van der Waals surface area contributed by atoms with Crippen LogP contribution in [0.4, 0.5) is 5.00 Å². The molecule has 1 aliphatic carbocycles. The number of benzene rings is 1. The highest BCUT2D eigenvalue weighted by atomic mass is 32.2. The van der Waals surface area contributed by atoms with E-state index in [9.17, 15) is 18.5 Å². The molecule has 1 saturated carbocycles. The van der Waals surface area contributed by atoms with Crippen molar-refractivity contribution in [2.75, 3.05) is 11.9 Å². The quantitative estimate of drug-likeness (QED) is 0.592. The number of hydrogen-bond acceptors (Lipinski definition) is 6. The fraction of sp³-hybridized carbons (Fsp3) is 0.520. The highest BCUT2D eigenvalue weighted by Gasteiger charge is 2.30. The summed E-state index contributed by atoms with van der Waals surface area (Å²) in [4.78, 5) is 16.4. The fourth-order valence-corrected chi connectivity index (χ4v) is 6.90. The first-order chi connectivity index (χ1) is 16.2. The molecule has 1 aromatic carbocycles. The molecule has 1 aliphatic heterocycles. The molecule has 4 rings (SSSR count). The first-order valence-electron chi connectivity index (χ1n) is 11.9. The maximum atomic E-state index is 12.7. The molecule has 2 aliphatic rings. The first kappa shape index (κ1) is 24.9. The molecule has 1 aromatic heterocycles. The van der Waals surface area contributed by atoms with Crippen LogP contribution in [-0.2, 0) is 34.2 Å². The zero-order valence-corrected chi connectivity index (χ0v) is 21.2. The van der Waals surface area contributed by atoms with Crippen LogP contribution >= 0.6 is 11.3 Å². The van der Waals surface area contributed by atoms with Crippen LogP contribution < -0.4 is 10.5 Å². The summed E-state index contributed by atoms with van der Waals surface area (Å²) in [6.45, 7) is 4.06. The summed E-state index contributed by atoms with van der Waals surface area (Å²) in [7, 11) is -3.77. The highest BCUT2D eigenvalue weighted by Crippen LogP contribution is 2.39. The second kappa shape index (κ2) is 10.6. The third-order valence-electron chi connectivity index (χ3n) is 7.09. The number of primary sulfonamides is 1. The molecule has 34 heavy (non-hydrogen) atoms. The van der Waals surface area contributed by atoms with Gasteiger partial charge in [0.15, 0.2) is 0 Å². The summed E-state index contributed by atoms with van der Waals surface area (Å²) in [6.07, 6.45) is 8.97. The number of amides is 1. The Labute approximate surface area is 206 Å². The number of rotatable bonds is 7. The van der Waals surface area contributed by atoms with Crippen LogP contribution in [0.5, 0.6) is 0 Å². The van der Waals surface area contributed by atoms with Crippen molar-refractivity contribution in [1.82, 2.24) is 4.90 Å². The molecule has 2 aromatic rings. The monoisotopic (exact) mass is 500 g/mol. The van der Waals surface area contributed by atoms with Crippen molar-refractivity contribution in [3.05, 3.63) is 45.8 Å². The van der Waals surface area contributed by atoms with Gasteiger partial charge in [0.25, 0.3) is 0 Å². The molecule has 1 atom stereocenters. The van der Waals surface area contributed by atoms with Crippen LogP contribution in [0.2, 0.25) is 0 Å². The Morgan fingerprint density at radius 1 is 1.24 bits per heavy atom. The van der Waals surface area contributed by atoms with Crippen molar-refractivity contribution in [3.8, 4) is 6.07 Å². The number of nitrogens with two attached hydrogens (primary N) is 1. The number of nitrogens with one attached hydrogen (secondary N) is 1. The zero-order chi connectivity index (χ0) is 24.3. The van der Waals surface area contributed by atoms with Crippen molar-refractivity contribution in [1.29, 1.82) is 5.26 Å². The molecule has 3 N–H and O–H groups in total. The summed E-state index contributed by atoms with van der Waals surface area (Å²) in [5.74, 6) is 0.592. The van der Waals surface area contributed by atoms with Crippen LogP contribution in [0, 0.1) is 17.2 Å². The van der Waals surface area contributed by atoms with Crippen LogP contribution in [-0.4, -0.2) is 31.8 Å². The predicted octanol–water partition coefficient (Wildman–Crippen LogP) is 4.17. The number of thiophene rings is 1. The average Bonchev–Trinajstić information content (AvgIpc) is 3.13. The van der Waals surface area contributed by atoms with Gasteiger partial charge in [0.05, 0.1) is 16.9 Å². The lowest BCUT2D eigenvalue weighted by atomic mass is 9.86. The third kappa shape index (κ3) is 5.87. The van der Waals surface area contributed by atoms with E-state index in [4.69, 9.17) is 5.14 Å².